The summed E-state index contributed by atoms with van der Waals surface area (Å²) in [5, 5.41) is 2.13. The van der Waals surface area contributed by atoms with Gasteiger partial charge in [-0.1, -0.05) is 6.92 Å². The summed E-state index contributed by atoms with van der Waals surface area (Å²) in [5.41, 5.74) is 9.30. The molecule has 1 aliphatic heterocycles. The van der Waals surface area contributed by atoms with Crippen LogP contribution in [0.25, 0.3) is 0 Å². The van der Waals surface area contributed by atoms with Gasteiger partial charge >= 0.3 is 0 Å². The largest absolute Gasteiger partial charge is 0.329 e. The number of nitrogens with two attached hydrogens (primary N) is 1. The van der Waals surface area contributed by atoms with E-state index < -0.39 is 0 Å². The zero-order valence-electron chi connectivity index (χ0n) is 11.4. The highest BCUT2D eigenvalue weighted by Crippen LogP contribution is 2.28. The van der Waals surface area contributed by atoms with Crippen LogP contribution in [0.15, 0.2) is 10.9 Å². The minimum Gasteiger partial charge on any atom is -0.329 e. The van der Waals surface area contributed by atoms with Gasteiger partial charge in [-0.15, -0.1) is 11.3 Å². The van der Waals surface area contributed by atoms with E-state index in [2.05, 4.69) is 34.1 Å². The lowest BCUT2D eigenvalue weighted by molar-refractivity contribution is 0.0412. The zero-order valence-corrected chi connectivity index (χ0v) is 12.2. The van der Waals surface area contributed by atoms with Crippen LogP contribution in [-0.4, -0.2) is 53.5 Å². The van der Waals surface area contributed by atoms with Gasteiger partial charge in [0.2, 0.25) is 0 Å². The molecule has 0 amide bonds. The summed E-state index contributed by atoms with van der Waals surface area (Å²) < 4.78 is 0. The van der Waals surface area contributed by atoms with Crippen LogP contribution in [0.2, 0.25) is 0 Å². The van der Waals surface area contributed by atoms with Crippen molar-refractivity contribution < 1.29 is 0 Å². The van der Waals surface area contributed by atoms with Gasteiger partial charge in [0.25, 0.3) is 0 Å². The summed E-state index contributed by atoms with van der Waals surface area (Å²) in [4.78, 5) is 9.29. The third kappa shape index (κ3) is 2.91. The fourth-order valence-electron chi connectivity index (χ4n) is 2.75. The van der Waals surface area contributed by atoms with Crippen LogP contribution < -0.4 is 5.73 Å². The molecule has 1 aromatic heterocycles. The molecule has 0 atom stereocenters. The number of likely N-dealkylation sites (tertiary alicyclic amines) is 1. The lowest BCUT2D eigenvalue weighted by atomic mass is 9.86. The maximum absolute atomic E-state index is 6.08. The van der Waals surface area contributed by atoms with Crippen molar-refractivity contribution in [3.63, 3.8) is 0 Å². The van der Waals surface area contributed by atoms with E-state index in [0.717, 1.165) is 51.3 Å². The van der Waals surface area contributed by atoms with Crippen molar-refractivity contribution in [2.45, 2.75) is 31.8 Å². The Morgan fingerprint density at radius 1 is 1.50 bits per heavy atom. The molecule has 1 aliphatic rings. The quantitative estimate of drug-likeness (QED) is 0.876. The molecule has 5 heteroatoms. The van der Waals surface area contributed by atoms with Crippen LogP contribution in [0.3, 0.4) is 0 Å². The van der Waals surface area contributed by atoms with E-state index in [1.807, 2.05) is 5.51 Å². The van der Waals surface area contributed by atoms with Crippen LogP contribution in [0, 0.1) is 0 Å². The SMILES string of the molecule is CCN1CCC(CN)(N(C)Cc2cscn2)CC1. The van der Waals surface area contributed by atoms with E-state index in [1.165, 1.54) is 0 Å². The van der Waals surface area contributed by atoms with Crippen molar-refractivity contribution in [3.05, 3.63) is 16.6 Å². The van der Waals surface area contributed by atoms with Crippen molar-refractivity contribution in [2.24, 2.45) is 5.73 Å². The minimum absolute atomic E-state index is 0.162. The van der Waals surface area contributed by atoms with Crippen LogP contribution >= 0.6 is 11.3 Å². The lowest BCUT2D eigenvalue weighted by Gasteiger charge is -2.46. The molecule has 2 heterocycles. The molecule has 0 radical (unpaired) electrons. The number of hydrogen-bond acceptors (Lipinski definition) is 5. The van der Waals surface area contributed by atoms with E-state index >= 15 is 0 Å². The first-order valence-corrected chi connectivity index (χ1v) is 7.65. The van der Waals surface area contributed by atoms with Crippen molar-refractivity contribution in [1.29, 1.82) is 0 Å². The van der Waals surface area contributed by atoms with Gasteiger partial charge in [0.1, 0.15) is 0 Å². The van der Waals surface area contributed by atoms with Crippen molar-refractivity contribution in [2.75, 3.05) is 33.2 Å². The van der Waals surface area contributed by atoms with Gasteiger partial charge in [-0.3, -0.25) is 4.90 Å². The molecular weight excluding hydrogens is 244 g/mol. The van der Waals surface area contributed by atoms with Crippen LogP contribution in [-0.2, 0) is 6.54 Å². The van der Waals surface area contributed by atoms with Gasteiger partial charge < -0.3 is 10.6 Å². The third-order valence-corrected chi connectivity index (χ3v) is 4.94. The zero-order chi connectivity index (χ0) is 13.0. The van der Waals surface area contributed by atoms with E-state index in [4.69, 9.17) is 5.73 Å². The standard InChI is InChI=1S/C13H24N4S/c1-3-17-6-4-13(10-14,5-7-17)16(2)8-12-9-18-11-15-12/h9,11H,3-8,10,14H2,1-2H3. The Bertz CT molecular complexity index is 344. The maximum Gasteiger partial charge on any atom is 0.0795 e. The van der Waals surface area contributed by atoms with E-state index in [9.17, 15) is 0 Å². The molecule has 0 aromatic carbocycles. The topological polar surface area (TPSA) is 45.4 Å². The number of piperidine rings is 1. The van der Waals surface area contributed by atoms with Gasteiger partial charge in [-0.25, -0.2) is 4.98 Å². The highest BCUT2D eigenvalue weighted by Gasteiger charge is 2.36. The van der Waals surface area contributed by atoms with E-state index in [1.54, 1.807) is 11.3 Å². The minimum atomic E-state index is 0.162. The normalized spacial score (nSPS) is 20.4. The summed E-state index contributed by atoms with van der Waals surface area (Å²) in [6.45, 7) is 7.35. The second kappa shape index (κ2) is 6.10. The molecule has 0 aliphatic carbocycles. The first kappa shape index (κ1) is 13.9. The Hall–Kier alpha value is -0.490. The maximum atomic E-state index is 6.08. The average molecular weight is 268 g/mol. The molecule has 1 aromatic rings. The van der Waals surface area contributed by atoms with Gasteiger partial charge in [0.05, 0.1) is 11.2 Å². The summed E-state index contributed by atoms with van der Waals surface area (Å²) in [7, 11) is 2.19. The number of rotatable bonds is 5. The second-order valence-corrected chi connectivity index (χ2v) is 5.92. The summed E-state index contributed by atoms with van der Waals surface area (Å²) in [6.07, 6.45) is 2.33. The molecule has 1 saturated heterocycles. The number of nitrogens with zero attached hydrogens (tertiary/aromatic N) is 3. The Labute approximate surface area is 114 Å². The van der Waals surface area contributed by atoms with Gasteiger partial charge in [-0.05, 0) is 39.5 Å². The molecule has 4 nitrogen and oxygen atoms in total. The third-order valence-electron chi connectivity index (χ3n) is 4.31. The molecular formula is C13H24N4S. The van der Waals surface area contributed by atoms with Crippen LogP contribution in [0.1, 0.15) is 25.5 Å². The fraction of sp³-hybridized carbons (Fsp3) is 0.769. The average Bonchev–Trinajstić information content (AvgIpc) is 2.91. The Morgan fingerprint density at radius 2 is 2.22 bits per heavy atom. The first-order valence-electron chi connectivity index (χ1n) is 6.71. The number of aromatic nitrogens is 1. The van der Waals surface area contributed by atoms with Gasteiger partial charge in [0.15, 0.2) is 0 Å². The van der Waals surface area contributed by atoms with E-state index in [0.29, 0.717) is 0 Å². The molecule has 2 rings (SSSR count). The highest BCUT2D eigenvalue weighted by atomic mass is 32.1. The molecule has 0 spiro atoms. The van der Waals surface area contributed by atoms with E-state index in [-0.39, 0.29) is 5.54 Å². The summed E-state index contributed by atoms with van der Waals surface area (Å²) >= 11 is 1.66. The van der Waals surface area contributed by atoms with Crippen LogP contribution in [0.4, 0.5) is 0 Å². The Kier molecular flexibility index (Phi) is 4.72. The molecule has 0 bridgehead atoms. The molecule has 2 N–H and O–H groups in total. The van der Waals surface area contributed by atoms with Crippen LogP contribution in [0.5, 0.6) is 0 Å². The lowest BCUT2D eigenvalue weighted by Crippen LogP contribution is -2.57. The van der Waals surface area contributed by atoms with Gasteiger partial charge in [0, 0.05) is 24.0 Å². The Morgan fingerprint density at radius 3 is 2.72 bits per heavy atom. The predicted molar refractivity (Wildman–Crippen MR) is 76.7 cm³/mol. The number of likely N-dealkylation sites (N-methyl/N-ethyl adjacent to an activating group) is 1. The molecule has 102 valence electrons. The fourth-order valence-corrected chi connectivity index (χ4v) is 3.30. The number of thiazole rings is 1. The summed E-state index contributed by atoms with van der Waals surface area (Å²) in [5.74, 6) is 0. The first-order chi connectivity index (χ1) is 8.70. The smallest absolute Gasteiger partial charge is 0.0795 e. The monoisotopic (exact) mass is 268 g/mol. The van der Waals surface area contributed by atoms with Gasteiger partial charge in [-0.2, -0.15) is 0 Å². The highest BCUT2D eigenvalue weighted by molar-refractivity contribution is 7.07. The second-order valence-electron chi connectivity index (χ2n) is 5.20. The van der Waals surface area contributed by atoms with Crippen molar-refractivity contribution in [1.82, 2.24) is 14.8 Å². The molecule has 0 unspecified atom stereocenters. The molecule has 18 heavy (non-hydrogen) atoms. The Balaban J connectivity index is 1.99. The number of hydrogen-bond donors (Lipinski definition) is 1. The van der Waals surface area contributed by atoms with Crippen molar-refractivity contribution in [3.8, 4) is 0 Å². The molecule has 0 saturated carbocycles. The molecule has 1 fully saturated rings. The predicted octanol–water partition coefficient (Wildman–Crippen LogP) is 1.39. The summed E-state index contributed by atoms with van der Waals surface area (Å²) in [6, 6.07) is 0. The van der Waals surface area contributed by atoms with Crippen molar-refractivity contribution >= 4 is 11.3 Å².